The lowest BCUT2D eigenvalue weighted by atomic mass is 9.84. The second-order valence-electron chi connectivity index (χ2n) is 9.32. The molecule has 0 aromatic heterocycles. The molecule has 0 aromatic carbocycles. The standard InChI is InChI=1S/C18H37N5O10.H2O4S/c19-2-6-11(26)12(27)9(23)17(30-6)32-15-4(20)1-5(21)16(14(15)29)33-18-13(28)8(22)10(25)7(3-24)31-18;1-5(2,3)4/h4-18,24-29H,1-3,19-23H2;(H2,1,2,3,4)/t4-,5+,6+,7+,8-,9+,10+,11+,12+,13+,14-,15+,16-,17+,18+;/m0./s1. The summed E-state index contributed by atoms with van der Waals surface area (Å²) in [7, 11) is -4.67. The summed E-state index contributed by atoms with van der Waals surface area (Å²) in [5, 5.41) is 60.9. The van der Waals surface area contributed by atoms with Crippen molar-refractivity contribution in [2.75, 3.05) is 13.2 Å². The molecule has 0 radical (unpaired) electrons. The van der Waals surface area contributed by atoms with E-state index in [1.54, 1.807) is 0 Å². The van der Waals surface area contributed by atoms with Gasteiger partial charge >= 0.3 is 10.4 Å². The molecule has 2 aliphatic heterocycles. The molecule has 0 bridgehead atoms. The first-order valence-corrected chi connectivity index (χ1v) is 13.0. The van der Waals surface area contributed by atoms with Crippen LogP contribution in [0, 0.1) is 0 Å². The molecule has 19 nitrogen and oxygen atoms in total. The van der Waals surface area contributed by atoms with Crippen molar-refractivity contribution in [3.63, 3.8) is 0 Å². The van der Waals surface area contributed by atoms with Gasteiger partial charge in [-0.25, -0.2) is 0 Å². The third-order valence-corrected chi connectivity index (χ3v) is 6.56. The van der Waals surface area contributed by atoms with Crippen LogP contribution in [-0.2, 0) is 29.3 Å². The Morgan fingerprint density at radius 2 is 1.18 bits per heavy atom. The average Bonchev–Trinajstić information content (AvgIpc) is 2.83. The Morgan fingerprint density at radius 1 is 0.711 bits per heavy atom. The van der Waals surface area contributed by atoms with E-state index in [1.807, 2.05) is 0 Å². The van der Waals surface area contributed by atoms with Crippen LogP contribution in [0.1, 0.15) is 6.42 Å². The quantitative estimate of drug-likeness (QED) is 0.129. The zero-order chi connectivity index (χ0) is 29.1. The first-order chi connectivity index (χ1) is 17.5. The van der Waals surface area contributed by atoms with Crippen molar-refractivity contribution in [1.82, 2.24) is 0 Å². The molecule has 226 valence electrons. The summed E-state index contributed by atoms with van der Waals surface area (Å²) in [6, 6.07) is -3.92. The van der Waals surface area contributed by atoms with Gasteiger partial charge in [-0.3, -0.25) is 9.11 Å². The van der Waals surface area contributed by atoms with Gasteiger partial charge in [0.15, 0.2) is 12.6 Å². The highest BCUT2D eigenvalue weighted by Gasteiger charge is 2.51. The fraction of sp³-hybridized carbons (Fsp3) is 1.00. The van der Waals surface area contributed by atoms with Crippen LogP contribution in [0.2, 0.25) is 0 Å². The van der Waals surface area contributed by atoms with E-state index in [0.29, 0.717) is 0 Å². The van der Waals surface area contributed by atoms with Crippen LogP contribution in [0.15, 0.2) is 0 Å². The minimum absolute atomic E-state index is 0.115. The summed E-state index contributed by atoms with van der Waals surface area (Å²) >= 11 is 0. The number of ether oxygens (including phenoxy) is 4. The van der Waals surface area contributed by atoms with Gasteiger partial charge in [-0.2, -0.15) is 8.42 Å². The van der Waals surface area contributed by atoms with Gasteiger partial charge in [-0.1, -0.05) is 0 Å². The summed E-state index contributed by atoms with van der Waals surface area (Å²) in [6.07, 6.45) is -13.9. The molecule has 20 heteroatoms. The van der Waals surface area contributed by atoms with Crippen molar-refractivity contribution in [3.8, 4) is 0 Å². The largest absolute Gasteiger partial charge is 0.394 e. The maximum absolute atomic E-state index is 11.0. The molecule has 38 heavy (non-hydrogen) atoms. The third kappa shape index (κ3) is 8.15. The molecule has 2 saturated heterocycles. The lowest BCUT2D eigenvalue weighted by Gasteiger charge is -2.48. The lowest BCUT2D eigenvalue weighted by Crippen LogP contribution is -2.69. The highest BCUT2D eigenvalue weighted by Crippen LogP contribution is 2.30. The van der Waals surface area contributed by atoms with Crippen molar-refractivity contribution >= 4 is 10.4 Å². The van der Waals surface area contributed by atoms with Crippen molar-refractivity contribution in [2.24, 2.45) is 28.7 Å². The van der Waals surface area contributed by atoms with Crippen LogP contribution in [0.3, 0.4) is 0 Å². The average molecular weight is 582 g/mol. The van der Waals surface area contributed by atoms with E-state index in [0.717, 1.165) is 0 Å². The van der Waals surface area contributed by atoms with Crippen LogP contribution in [0.4, 0.5) is 0 Å². The van der Waals surface area contributed by atoms with E-state index in [2.05, 4.69) is 0 Å². The van der Waals surface area contributed by atoms with E-state index in [9.17, 15) is 30.6 Å². The molecular formula is C18H39N5O14S. The highest BCUT2D eigenvalue weighted by atomic mass is 32.3. The third-order valence-electron chi connectivity index (χ3n) is 6.56. The SMILES string of the molecule is NC[C@H]1O[C@H](O[C@H]2[C@H](O)[C@@H](O[C@H]3O[C@H](CO)[C@@H](O)[C@H](N)[C@H]3O)[C@H](N)C[C@@H]2N)[C@H](N)[C@@H](O)[C@@H]1O.O=S(=O)(O)O. The summed E-state index contributed by atoms with van der Waals surface area (Å²) < 4.78 is 54.1. The normalized spacial score (nSPS) is 48.2. The fourth-order valence-corrected chi connectivity index (χ4v) is 4.45. The molecule has 3 aliphatic rings. The minimum Gasteiger partial charge on any atom is -0.394 e. The molecule has 1 aliphatic carbocycles. The number of aliphatic hydroxyl groups excluding tert-OH is 6. The Bertz CT molecular complexity index is 784. The van der Waals surface area contributed by atoms with Gasteiger partial charge in [0, 0.05) is 18.6 Å². The molecule has 15 atom stereocenters. The van der Waals surface area contributed by atoms with Crippen molar-refractivity contribution in [1.29, 1.82) is 0 Å². The van der Waals surface area contributed by atoms with E-state index in [4.69, 9.17) is 65.1 Å². The molecule has 18 N–H and O–H groups in total. The highest BCUT2D eigenvalue weighted by molar-refractivity contribution is 7.79. The number of rotatable bonds is 6. The number of hydrogen-bond acceptors (Lipinski definition) is 17. The van der Waals surface area contributed by atoms with E-state index < -0.39 is 109 Å². The van der Waals surface area contributed by atoms with Crippen LogP contribution in [-0.4, -0.2) is 153 Å². The molecule has 0 spiro atoms. The van der Waals surface area contributed by atoms with Gasteiger partial charge in [-0.15, -0.1) is 0 Å². The van der Waals surface area contributed by atoms with Gasteiger partial charge in [0.1, 0.15) is 54.9 Å². The van der Waals surface area contributed by atoms with E-state index in [-0.39, 0.29) is 13.0 Å². The zero-order valence-electron chi connectivity index (χ0n) is 20.1. The predicted molar refractivity (Wildman–Crippen MR) is 124 cm³/mol. The summed E-state index contributed by atoms with van der Waals surface area (Å²) in [4.78, 5) is 0. The Balaban J connectivity index is 0.000000926. The molecule has 3 fully saturated rings. The van der Waals surface area contributed by atoms with Crippen LogP contribution >= 0.6 is 0 Å². The Morgan fingerprint density at radius 3 is 1.66 bits per heavy atom. The Hall–Kier alpha value is -0.730. The fourth-order valence-electron chi connectivity index (χ4n) is 4.45. The smallest absolute Gasteiger partial charge is 0.394 e. The molecule has 1 saturated carbocycles. The van der Waals surface area contributed by atoms with Crippen molar-refractivity contribution in [2.45, 2.75) is 98.1 Å². The van der Waals surface area contributed by atoms with Crippen molar-refractivity contribution in [3.05, 3.63) is 0 Å². The monoisotopic (exact) mass is 581 g/mol. The van der Waals surface area contributed by atoms with E-state index >= 15 is 0 Å². The van der Waals surface area contributed by atoms with Crippen LogP contribution in [0.5, 0.6) is 0 Å². The summed E-state index contributed by atoms with van der Waals surface area (Å²) in [5.41, 5.74) is 29.6. The van der Waals surface area contributed by atoms with Gasteiger partial charge in [0.05, 0.1) is 18.7 Å². The summed E-state index contributed by atoms with van der Waals surface area (Å²) in [6.45, 7) is -0.694. The zero-order valence-corrected chi connectivity index (χ0v) is 20.9. The first kappa shape index (κ1) is 33.5. The molecule has 0 amide bonds. The number of hydrogen-bond donors (Lipinski definition) is 13. The predicted octanol–water partition coefficient (Wildman–Crippen LogP) is -7.98. The molecule has 3 rings (SSSR count). The van der Waals surface area contributed by atoms with Gasteiger partial charge in [0.25, 0.3) is 0 Å². The van der Waals surface area contributed by atoms with Crippen LogP contribution in [0.25, 0.3) is 0 Å². The minimum atomic E-state index is -4.67. The summed E-state index contributed by atoms with van der Waals surface area (Å²) in [5.74, 6) is 0. The lowest BCUT2D eigenvalue weighted by molar-refractivity contribution is -0.318. The molecule has 0 aromatic rings. The number of aliphatic hydroxyl groups is 6. The Labute approximate surface area is 217 Å². The topological polar surface area (TPSA) is 363 Å². The molecule has 2 heterocycles. The van der Waals surface area contributed by atoms with Gasteiger partial charge in [-0.05, 0) is 6.42 Å². The first-order valence-electron chi connectivity index (χ1n) is 11.6. The Kier molecular flexibility index (Phi) is 12.1. The maximum atomic E-state index is 11.0. The molecule has 0 unspecified atom stereocenters. The van der Waals surface area contributed by atoms with E-state index in [1.165, 1.54) is 0 Å². The van der Waals surface area contributed by atoms with Gasteiger partial charge in [0.2, 0.25) is 0 Å². The van der Waals surface area contributed by atoms with Crippen LogP contribution < -0.4 is 28.7 Å². The maximum Gasteiger partial charge on any atom is 0.394 e. The second-order valence-corrected chi connectivity index (χ2v) is 10.2. The van der Waals surface area contributed by atoms with Crippen molar-refractivity contribution < 1.29 is 67.1 Å². The number of nitrogens with two attached hydrogens (primary N) is 5. The van der Waals surface area contributed by atoms with Gasteiger partial charge < -0.3 is 78.3 Å². The molecular weight excluding hydrogens is 542 g/mol. The second kappa shape index (κ2) is 13.8.